The molecular formula is C18H21NO4S2. The highest BCUT2D eigenvalue weighted by Crippen LogP contribution is 2.39. The van der Waals surface area contributed by atoms with E-state index in [1.807, 2.05) is 17.5 Å². The lowest BCUT2D eigenvalue weighted by Gasteiger charge is -2.37. The molecule has 1 atom stereocenters. The van der Waals surface area contributed by atoms with Gasteiger partial charge in [0.05, 0.1) is 22.8 Å². The summed E-state index contributed by atoms with van der Waals surface area (Å²) < 4.78 is 24.6. The first kappa shape index (κ1) is 18.1. The van der Waals surface area contributed by atoms with Crippen molar-refractivity contribution < 1.29 is 18.3 Å². The predicted octanol–water partition coefficient (Wildman–Crippen LogP) is 2.54. The van der Waals surface area contributed by atoms with Gasteiger partial charge in [-0.25, -0.2) is 8.42 Å². The van der Waals surface area contributed by atoms with Crippen LogP contribution in [0.25, 0.3) is 0 Å². The highest BCUT2D eigenvalue weighted by atomic mass is 32.2. The molecule has 2 aromatic rings. The molecule has 1 saturated carbocycles. The molecule has 1 aromatic carbocycles. The highest BCUT2D eigenvalue weighted by Gasteiger charge is 2.36. The Kier molecular flexibility index (Phi) is 5.56. The number of hydrogen-bond donors (Lipinski definition) is 2. The zero-order valence-corrected chi connectivity index (χ0v) is 15.3. The van der Waals surface area contributed by atoms with Gasteiger partial charge in [-0.2, -0.15) is 0 Å². The van der Waals surface area contributed by atoms with Crippen LogP contribution in [0.15, 0.2) is 52.7 Å². The second-order valence-corrected chi connectivity index (χ2v) is 9.42. The summed E-state index contributed by atoms with van der Waals surface area (Å²) in [5.41, 5.74) is 0. The zero-order chi connectivity index (χ0) is 17.9. The van der Waals surface area contributed by atoms with Crippen LogP contribution < -0.4 is 5.32 Å². The van der Waals surface area contributed by atoms with Crippen molar-refractivity contribution in [3.8, 4) is 0 Å². The summed E-state index contributed by atoms with van der Waals surface area (Å²) in [5.74, 6) is -0.296. The molecule has 2 N–H and O–H groups in total. The Balaban J connectivity index is 1.61. The van der Waals surface area contributed by atoms with Gasteiger partial charge < -0.3 is 10.4 Å². The number of benzene rings is 1. The van der Waals surface area contributed by atoms with Crippen molar-refractivity contribution in [1.82, 2.24) is 5.32 Å². The van der Waals surface area contributed by atoms with Gasteiger partial charge >= 0.3 is 0 Å². The molecule has 134 valence electrons. The molecule has 1 aromatic heterocycles. The number of amides is 1. The Labute approximate surface area is 151 Å². The monoisotopic (exact) mass is 379 g/mol. The average molecular weight is 380 g/mol. The summed E-state index contributed by atoms with van der Waals surface area (Å²) in [7, 11) is -3.46. The minimum absolute atomic E-state index is 0.0750. The lowest BCUT2D eigenvalue weighted by Crippen LogP contribution is -2.41. The van der Waals surface area contributed by atoms with E-state index in [-0.39, 0.29) is 41.0 Å². The first-order valence-electron chi connectivity index (χ1n) is 8.24. The molecule has 1 aliphatic rings. The van der Waals surface area contributed by atoms with Gasteiger partial charge in [0.2, 0.25) is 5.91 Å². The molecule has 0 radical (unpaired) electrons. The van der Waals surface area contributed by atoms with Gasteiger partial charge in [0, 0.05) is 11.3 Å². The van der Waals surface area contributed by atoms with Crippen LogP contribution in [0.3, 0.4) is 0 Å². The predicted molar refractivity (Wildman–Crippen MR) is 97.0 cm³/mol. The van der Waals surface area contributed by atoms with Gasteiger partial charge in [0.1, 0.15) is 0 Å². The van der Waals surface area contributed by atoms with Crippen LogP contribution in [0, 0.1) is 5.92 Å². The first-order chi connectivity index (χ1) is 12.0. The van der Waals surface area contributed by atoms with Crippen molar-refractivity contribution >= 4 is 27.1 Å². The molecular weight excluding hydrogens is 358 g/mol. The van der Waals surface area contributed by atoms with Gasteiger partial charge in [-0.15, -0.1) is 11.3 Å². The highest BCUT2D eigenvalue weighted by molar-refractivity contribution is 7.91. The van der Waals surface area contributed by atoms with Crippen molar-refractivity contribution in [2.75, 3.05) is 5.75 Å². The molecule has 7 heteroatoms. The number of aliphatic hydroxyl groups excluding tert-OH is 1. The lowest BCUT2D eigenvalue weighted by atomic mass is 9.76. The molecule has 0 saturated heterocycles. The third-order valence-corrected chi connectivity index (χ3v) is 7.17. The van der Waals surface area contributed by atoms with E-state index in [0.717, 1.165) is 4.88 Å². The van der Waals surface area contributed by atoms with Crippen molar-refractivity contribution in [2.45, 2.75) is 36.3 Å². The minimum atomic E-state index is -3.46. The van der Waals surface area contributed by atoms with Crippen LogP contribution in [0.1, 0.15) is 30.2 Å². The number of carbonyl (C=O) groups excluding carboxylic acids is 1. The summed E-state index contributed by atoms with van der Waals surface area (Å²) in [6, 6.07) is 11.9. The largest absolute Gasteiger partial charge is 0.393 e. The standard InChI is InChI=1S/C18H21NO4S2/c20-14-11-13(12-14)18(16-7-4-9-24-16)19-17(21)8-10-25(22,23)15-5-2-1-3-6-15/h1-7,9,13-14,18,20H,8,10-12H2,(H,19,21). The Morgan fingerprint density at radius 1 is 1.20 bits per heavy atom. The van der Waals surface area contributed by atoms with E-state index < -0.39 is 9.84 Å². The number of carbonyl (C=O) groups is 1. The maximum absolute atomic E-state index is 12.3. The topological polar surface area (TPSA) is 83.5 Å². The molecule has 5 nitrogen and oxygen atoms in total. The van der Waals surface area contributed by atoms with E-state index >= 15 is 0 Å². The number of hydrogen-bond acceptors (Lipinski definition) is 5. The molecule has 0 spiro atoms. The normalized spacial score (nSPS) is 21.3. The molecule has 25 heavy (non-hydrogen) atoms. The molecule has 1 aliphatic carbocycles. The first-order valence-corrected chi connectivity index (χ1v) is 10.8. The van der Waals surface area contributed by atoms with Crippen LogP contribution in [0.2, 0.25) is 0 Å². The third-order valence-electron chi connectivity index (χ3n) is 4.49. The SMILES string of the molecule is O=C(CCS(=O)(=O)c1ccccc1)NC(c1cccs1)C1CC(O)C1. The quantitative estimate of drug-likeness (QED) is 0.774. The van der Waals surface area contributed by atoms with E-state index in [0.29, 0.717) is 12.8 Å². The Morgan fingerprint density at radius 3 is 2.52 bits per heavy atom. The number of sulfone groups is 1. The zero-order valence-electron chi connectivity index (χ0n) is 13.7. The van der Waals surface area contributed by atoms with E-state index in [1.165, 1.54) is 12.1 Å². The maximum Gasteiger partial charge on any atom is 0.221 e. The summed E-state index contributed by atoms with van der Waals surface area (Å²) in [4.78, 5) is 13.6. The molecule has 0 aliphatic heterocycles. The van der Waals surface area contributed by atoms with E-state index in [9.17, 15) is 18.3 Å². The van der Waals surface area contributed by atoms with E-state index in [4.69, 9.17) is 0 Å². The van der Waals surface area contributed by atoms with Gasteiger partial charge in [-0.3, -0.25) is 4.79 Å². The van der Waals surface area contributed by atoms with Crippen LogP contribution >= 0.6 is 11.3 Å². The Morgan fingerprint density at radius 2 is 1.92 bits per heavy atom. The van der Waals surface area contributed by atoms with Crippen LogP contribution in [-0.2, 0) is 14.6 Å². The minimum Gasteiger partial charge on any atom is -0.393 e. The summed E-state index contributed by atoms with van der Waals surface area (Å²) >= 11 is 1.56. The second-order valence-electron chi connectivity index (χ2n) is 6.33. The van der Waals surface area contributed by atoms with E-state index in [1.54, 1.807) is 29.5 Å². The average Bonchev–Trinajstić information content (AvgIpc) is 3.11. The fourth-order valence-corrected chi connectivity index (χ4v) is 5.14. The number of rotatable bonds is 7. The van der Waals surface area contributed by atoms with E-state index in [2.05, 4.69) is 5.32 Å². The second kappa shape index (κ2) is 7.68. The van der Waals surface area contributed by atoms with Gasteiger partial charge in [0.15, 0.2) is 9.84 Å². The summed E-state index contributed by atoms with van der Waals surface area (Å²) in [6.45, 7) is 0. The molecule has 1 heterocycles. The number of nitrogens with one attached hydrogen (secondary N) is 1. The fraction of sp³-hybridized carbons (Fsp3) is 0.389. The van der Waals surface area contributed by atoms with Crippen molar-refractivity contribution in [2.24, 2.45) is 5.92 Å². The summed E-state index contributed by atoms with van der Waals surface area (Å²) in [6.07, 6.45) is 0.938. The van der Waals surface area contributed by atoms with Crippen molar-refractivity contribution in [3.05, 3.63) is 52.7 Å². The number of thiophene rings is 1. The van der Waals surface area contributed by atoms with Crippen LogP contribution in [0.4, 0.5) is 0 Å². The van der Waals surface area contributed by atoms with Gasteiger partial charge in [-0.1, -0.05) is 24.3 Å². The lowest BCUT2D eigenvalue weighted by molar-refractivity contribution is -0.122. The maximum atomic E-state index is 12.3. The smallest absolute Gasteiger partial charge is 0.221 e. The Hall–Kier alpha value is -1.70. The van der Waals surface area contributed by atoms with Crippen LogP contribution in [0.5, 0.6) is 0 Å². The van der Waals surface area contributed by atoms with Gasteiger partial charge in [0.25, 0.3) is 0 Å². The van der Waals surface area contributed by atoms with Crippen molar-refractivity contribution in [1.29, 1.82) is 0 Å². The molecule has 0 bridgehead atoms. The Bertz CT molecular complexity index is 797. The summed E-state index contributed by atoms with van der Waals surface area (Å²) in [5, 5.41) is 14.5. The molecule has 1 fully saturated rings. The molecule has 3 rings (SSSR count). The molecule has 1 unspecified atom stereocenters. The van der Waals surface area contributed by atoms with Gasteiger partial charge in [-0.05, 0) is 42.3 Å². The third kappa shape index (κ3) is 4.48. The van der Waals surface area contributed by atoms with Crippen molar-refractivity contribution in [3.63, 3.8) is 0 Å². The fourth-order valence-electron chi connectivity index (χ4n) is 3.01. The molecule has 1 amide bonds. The number of aliphatic hydroxyl groups is 1. The van der Waals surface area contributed by atoms with Crippen LogP contribution in [-0.4, -0.2) is 31.3 Å².